The topological polar surface area (TPSA) is 81.1 Å². The molecule has 2 heterocycles. The average molecular weight is 284 g/mol. The monoisotopic (exact) mass is 284 g/mol. The molecule has 6 nitrogen and oxygen atoms in total. The molecule has 2 unspecified atom stereocenters. The third-order valence-corrected chi connectivity index (χ3v) is 4.54. The fourth-order valence-electron chi connectivity index (χ4n) is 3.14. The Hall–Kier alpha value is -1.30. The molecule has 0 spiro atoms. The van der Waals surface area contributed by atoms with Crippen molar-refractivity contribution >= 4 is 12.0 Å². The van der Waals surface area contributed by atoms with E-state index in [9.17, 15) is 19.8 Å². The van der Waals surface area contributed by atoms with Crippen LogP contribution >= 0.6 is 0 Å². The summed E-state index contributed by atoms with van der Waals surface area (Å²) in [7, 11) is 0. The number of carbonyl (C=O) groups is 2. The summed E-state index contributed by atoms with van der Waals surface area (Å²) in [4.78, 5) is 27.1. The lowest BCUT2D eigenvalue weighted by molar-refractivity contribution is -0.145. The van der Waals surface area contributed by atoms with E-state index in [0.29, 0.717) is 32.5 Å². The fourth-order valence-corrected chi connectivity index (χ4v) is 3.14. The number of aliphatic hydroxyl groups is 1. The molecule has 2 aliphatic rings. The summed E-state index contributed by atoms with van der Waals surface area (Å²) < 4.78 is 0. The number of amides is 2. The number of carbonyl (C=O) groups excluding carboxylic acids is 1. The summed E-state index contributed by atoms with van der Waals surface area (Å²) in [5.74, 6) is -0.937. The van der Waals surface area contributed by atoms with E-state index in [1.54, 1.807) is 11.8 Å². The van der Waals surface area contributed by atoms with E-state index in [1.165, 1.54) is 4.90 Å². The molecule has 20 heavy (non-hydrogen) atoms. The Labute approximate surface area is 119 Å². The Kier molecular flexibility index (Phi) is 4.22. The Bertz CT molecular complexity index is 387. The summed E-state index contributed by atoms with van der Waals surface area (Å²) in [5.41, 5.74) is -0.710. The molecule has 0 aromatic rings. The molecule has 2 saturated heterocycles. The zero-order chi connectivity index (χ0) is 14.9. The molecule has 0 radical (unpaired) electrons. The predicted molar refractivity (Wildman–Crippen MR) is 73.4 cm³/mol. The molecule has 2 rings (SSSR count). The van der Waals surface area contributed by atoms with Gasteiger partial charge in [-0.05, 0) is 38.5 Å². The van der Waals surface area contributed by atoms with Crippen molar-refractivity contribution in [2.45, 2.75) is 51.2 Å². The largest absolute Gasteiger partial charge is 0.480 e. The van der Waals surface area contributed by atoms with Gasteiger partial charge in [-0.1, -0.05) is 6.92 Å². The Morgan fingerprint density at radius 3 is 2.35 bits per heavy atom. The molecular formula is C14H24N2O4. The minimum absolute atomic E-state index is 0.0156. The van der Waals surface area contributed by atoms with Crippen LogP contribution in [0, 0.1) is 5.92 Å². The predicted octanol–water partition coefficient (Wildman–Crippen LogP) is 1.14. The van der Waals surface area contributed by atoms with Crippen molar-refractivity contribution in [2.75, 3.05) is 19.6 Å². The lowest BCUT2D eigenvalue weighted by Crippen LogP contribution is -2.58. The maximum absolute atomic E-state index is 12.5. The molecule has 2 N–H and O–H groups in total. The van der Waals surface area contributed by atoms with E-state index < -0.39 is 17.6 Å². The Morgan fingerprint density at radius 1 is 1.20 bits per heavy atom. The van der Waals surface area contributed by atoms with Gasteiger partial charge in [-0.25, -0.2) is 9.59 Å². The van der Waals surface area contributed by atoms with E-state index in [2.05, 4.69) is 0 Å². The minimum Gasteiger partial charge on any atom is -0.480 e. The van der Waals surface area contributed by atoms with Gasteiger partial charge in [0, 0.05) is 19.6 Å². The van der Waals surface area contributed by atoms with Gasteiger partial charge in [0.1, 0.15) is 6.04 Å². The minimum atomic E-state index is -0.922. The molecule has 2 fully saturated rings. The zero-order valence-electron chi connectivity index (χ0n) is 12.2. The van der Waals surface area contributed by atoms with Crippen molar-refractivity contribution in [1.29, 1.82) is 0 Å². The number of rotatable bonds is 1. The SMILES string of the molecule is CC1CCCN(C(=O)N2CCC(C)(O)CC2)C1C(=O)O. The highest BCUT2D eigenvalue weighted by atomic mass is 16.4. The van der Waals surface area contributed by atoms with Crippen molar-refractivity contribution in [1.82, 2.24) is 9.80 Å². The van der Waals surface area contributed by atoms with Crippen LogP contribution in [-0.2, 0) is 4.79 Å². The van der Waals surface area contributed by atoms with Crippen molar-refractivity contribution in [3.63, 3.8) is 0 Å². The number of likely N-dealkylation sites (tertiary alicyclic amines) is 2. The van der Waals surface area contributed by atoms with Gasteiger partial charge in [-0.2, -0.15) is 0 Å². The number of piperidine rings is 2. The molecule has 2 aliphatic heterocycles. The van der Waals surface area contributed by atoms with Gasteiger partial charge in [-0.3, -0.25) is 0 Å². The van der Waals surface area contributed by atoms with Crippen LogP contribution in [0.25, 0.3) is 0 Å². The van der Waals surface area contributed by atoms with Crippen molar-refractivity contribution in [3.8, 4) is 0 Å². The first-order valence-corrected chi connectivity index (χ1v) is 7.32. The summed E-state index contributed by atoms with van der Waals surface area (Å²) in [6.45, 7) is 5.15. The third-order valence-electron chi connectivity index (χ3n) is 4.54. The van der Waals surface area contributed by atoms with Gasteiger partial charge in [0.15, 0.2) is 0 Å². The second-order valence-corrected chi connectivity index (χ2v) is 6.36. The van der Waals surface area contributed by atoms with Gasteiger partial charge in [0.2, 0.25) is 0 Å². The smallest absolute Gasteiger partial charge is 0.326 e. The van der Waals surface area contributed by atoms with Gasteiger partial charge < -0.3 is 20.0 Å². The molecule has 2 atom stereocenters. The lowest BCUT2D eigenvalue weighted by atomic mass is 9.90. The standard InChI is InChI=1S/C14H24N2O4/c1-10-4-3-7-16(11(10)12(17)18)13(19)15-8-5-14(2,20)6-9-15/h10-11,20H,3-9H2,1-2H3,(H,17,18). The highest BCUT2D eigenvalue weighted by Crippen LogP contribution is 2.27. The number of carboxylic acids is 1. The van der Waals surface area contributed by atoms with Crippen molar-refractivity contribution < 1.29 is 19.8 Å². The average Bonchev–Trinajstić information content (AvgIpc) is 2.37. The van der Waals surface area contributed by atoms with Crippen LogP contribution < -0.4 is 0 Å². The van der Waals surface area contributed by atoms with Gasteiger partial charge in [0.25, 0.3) is 0 Å². The lowest BCUT2D eigenvalue weighted by Gasteiger charge is -2.43. The molecule has 2 amide bonds. The van der Waals surface area contributed by atoms with Gasteiger partial charge >= 0.3 is 12.0 Å². The summed E-state index contributed by atoms with van der Waals surface area (Å²) in [6.07, 6.45) is 2.78. The van der Waals surface area contributed by atoms with Crippen LogP contribution in [0.4, 0.5) is 4.79 Å². The first-order chi connectivity index (χ1) is 9.32. The van der Waals surface area contributed by atoms with Crippen LogP contribution in [-0.4, -0.2) is 63.3 Å². The van der Waals surface area contributed by atoms with Crippen LogP contribution in [0.15, 0.2) is 0 Å². The third kappa shape index (κ3) is 3.06. The maximum atomic E-state index is 12.5. The van der Waals surface area contributed by atoms with Gasteiger partial charge in [-0.15, -0.1) is 0 Å². The van der Waals surface area contributed by atoms with E-state index >= 15 is 0 Å². The normalized spacial score (nSPS) is 30.1. The molecule has 0 bridgehead atoms. The summed E-state index contributed by atoms with van der Waals surface area (Å²) in [5, 5.41) is 19.3. The number of nitrogens with zero attached hydrogens (tertiary/aromatic N) is 2. The first kappa shape index (κ1) is 15.1. The molecule has 0 aliphatic carbocycles. The Balaban J connectivity index is 2.05. The first-order valence-electron chi connectivity index (χ1n) is 7.32. The number of hydrogen-bond donors (Lipinski definition) is 2. The second-order valence-electron chi connectivity index (χ2n) is 6.36. The summed E-state index contributed by atoms with van der Waals surface area (Å²) >= 11 is 0. The quantitative estimate of drug-likeness (QED) is 0.756. The number of hydrogen-bond acceptors (Lipinski definition) is 3. The van der Waals surface area contributed by atoms with E-state index in [0.717, 1.165) is 12.8 Å². The fraction of sp³-hybridized carbons (Fsp3) is 0.857. The van der Waals surface area contributed by atoms with Crippen molar-refractivity contribution in [2.24, 2.45) is 5.92 Å². The number of urea groups is 1. The zero-order valence-corrected chi connectivity index (χ0v) is 12.2. The van der Waals surface area contributed by atoms with Crippen molar-refractivity contribution in [3.05, 3.63) is 0 Å². The molecule has 0 aromatic heterocycles. The molecule has 6 heteroatoms. The molecule has 0 aromatic carbocycles. The highest BCUT2D eigenvalue weighted by Gasteiger charge is 2.40. The van der Waals surface area contributed by atoms with Gasteiger partial charge in [0.05, 0.1) is 5.60 Å². The van der Waals surface area contributed by atoms with Crippen LogP contribution in [0.5, 0.6) is 0 Å². The maximum Gasteiger partial charge on any atom is 0.326 e. The highest BCUT2D eigenvalue weighted by molar-refractivity contribution is 5.83. The van der Waals surface area contributed by atoms with E-state index in [-0.39, 0.29) is 11.9 Å². The van der Waals surface area contributed by atoms with E-state index in [1.807, 2.05) is 6.92 Å². The summed E-state index contributed by atoms with van der Waals surface area (Å²) in [6, 6.07) is -0.918. The molecule has 114 valence electrons. The molecular weight excluding hydrogens is 260 g/mol. The Morgan fingerprint density at radius 2 is 1.80 bits per heavy atom. The van der Waals surface area contributed by atoms with Crippen LogP contribution in [0.1, 0.15) is 39.5 Å². The number of carboxylic acid groups (broad SMARTS) is 1. The van der Waals surface area contributed by atoms with Crippen LogP contribution in [0.2, 0.25) is 0 Å². The van der Waals surface area contributed by atoms with E-state index in [4.69, 9.17) is 0 Å². The van der Waals surface area contributed by atoms with Crippen LogP contribution in [0.3, 0.4) is 0 Å². The molecule has 0 saturated carbocycles. The number of aliphatic carboxylic acids is 1. The second kappa shape index (κ2) is 5.60.